The van der Waals surface area contributed by atoms with Crippen molar-refractivity contribution < 1.29 is 9.53 Å². The smallest absolute Gasteiger partial charge is 0.122 e. The van der Waals surface area contributed by atoms with Crippen LogP contribution in [0.2, 0.25) is 0 Å². The summed E-state index contributed by atoms with van der Waals surface area (Å²) in [4.78, 5) is 10.3. The highest BCUT2D eigenvalue weighted by atomic mass is 16.5. The molecular formula is C9H16O2. The fraction of sp³-hybridized carbons (Fsp3) is 0.889. The van der Waals surface area contributed by atoms with Crippen molar-refractivity contribution in [3.63, 3.8) is 0 Å². The number of rotatable bonds is 3. The Morgan fingerprint density at radius 2 is 2.18 bits per heavy atom. The SMILES string of the molecule is CC(C=O)CC1CCOCC1. The molecule has 1 aliphatic rings. The van der Waals surface area contributed by atoms with Gasteiger partial charge in [-0.2, -0.15) is 0 Å². The molecule has 2 nitrogen and oxygen atoms in total. The second kappa shape index (κ2) is 4.50. The molecule has 1 fully saturated rings. The average Bonchev–Trinajstić information content (AvgIpc) is 2.06. The van der Waals surface area contributed by atoms with Crippen LogP contribution in [0.25, 0.3) is 0 Å². The molecule has 11 heavy (non-hydrogen) atoms. The molecule has 1 rings (SSSR count). The number of carbonyl (C=O) groups excluding carboxylic acids is 1. The fourth-order valence-corrected chi connectivity index (χ4v) is 1.56. The predicted octanol–water partition coefficient (Wildman–Crippen LogP) is 1.64. The molecule has 1 unspecified atom stereocenters. The van der Waals surface area contributed by atoms with Crippen LogP contribution in [-0.2, 0) is 9.53 Å². The van der Waals surface area contributed by atoms with E-state index in [4.69, 9.17) is 4.74 Å². The summed E-state index contributed by atoms with van der Waals surface area (Å²) in [5.41, 5.74) is 0. The monoisotopic (exact) mass is 156 g/mol. The molecule has 0 spiro atoms. The minimum Gasteiger partial charge on any atom is -0.381 e. The number of hydrogen-bond donors (Lipinski definition) is 0. The van der Waals surface area contributed by atoms with Crippen LogP contribution < -0.4 is 0 Å². The van der Waals surface area contributed by atoms with Crippen LogP contribution in [0.1, 0.15) is 26.2 Å². The molecule has 0 aliphatic carbocycles. The number of carbonyl (C=O) groups is 1. The molecule has 1 aliphatic heterocycles. The Morgan fingerprint density at radius 3 is 2.73 bits per heavy atom. The summed E-state index contributed by atoms with van der Waals surface area (Å²) >= 11 is 0. The second-order valence-electron chi connectivity index (χ2n) is 3.40. The van der Waals surface area contributed by atoms with Crippen molar-refractivity contribution in [2.75, 3.05) is 13.2 Å². The molecule has 0 N–H and O–H groups in total. The van der Waals surface area contributed by atoms with Crippen LogP contribution in [0.5, 0.6) is 0 Å². The normalized spacial score (nSPS) is 23.0. The third-order valence-electron chi connectivity index (χ3n) is 2.28. The standard InChI is InChI=1S/C9H16O2/c1-8(7-10)6-9-2-4-11-5-3-9/h7-9H,2-6H2,1H3. The summed E-state index contributed by atoms with van der Waals surface area (Å²) in [6, 6.07) is 0. The van der Waals surface area contributed by atoms with Crippen molar-refractivity contribution in [1.29, 1.82) is 0 Å². The summed E-state index contributed by atoms with van der Waals surface area (Å²) in [5, 5.41) is 0. The van der Waals surface area contributed by atoms with E-state index in [2.05, 4.69) is 0 Å². The first-order valence-corrected chi connectivity index (χ1v) is 4.36. The first kappa shape index (κ1) is 8.72. The van der Waals surface area contributed by atoms with Crippen LogP contribution in [0.3, 0.4) is 0 Å². The van der Waals surface area contributed by atoms with Gasteiger partial charge in [0.15, 0.2) is 0 Å². The zero-order chi connectivity index (χ0) is 8.10. The molecule has 64 valence electrons. The summed E-state index contributed by atoms with van der Waals surface area (Å²) in [6.45, 7) is 3.76. The molecule has 0 aromatic rings. The Morgan fingerprint density at radius 1 is 1.55 bits per heavy atom. The number of ether oxygens (including phenoxy) is 1. The Bertz CT molecular complexity index is 117. The second-order valence-corrected chi connectivity index (χ2v) is 3.40. The molecular weight excluding hydrogens is 140 g/mol. The zero-order valence-corrected chi connectivity index (χ0v) is 7.08. The molecule has 0 radical (unpaired) electrons. The number of hydrogen-bond acceptors (Lipinski definition) is 2. The van der Waals surface area contributed by atoms with Crippen LogP contribution in [0.4, 0.5) is 0 Å². The van der Waals surface area contributed by atoms with Gasteiger partial charge in [-0.25, -0.2) is 0 Å². The van der Waals surface area contributed by atoms with Gasteiger partial charge in [-0.1, -0.05) is 6.92 Å². The predicted molar refractivity (Wildman–Crippen MR) is 43.4 cm³/mol. The van der Waals surface area contributed by atoms with E-state index in [-0.39, 0.29) is 5.92 Å². The lowest BCUT2D eigenvalue weighted by Crippen LogP contribution is -2.18. The van der Waals surface area contributed by atoms with Gasteiger partial charge < -0.3 is 9.53 Å². The van der Waals surface area contributed by atoms with E-state index in [1.165, 1.54) is 0 Å². The third kappa shape index (κ3) is 3.02. The molecule has 1 atom stereocenters. The number of aldehydes is 1. The highest BCUT2D eigenvalue weighted by Crippen LogP contribution is 2.21. The van der Waals surface area contributed by atoms with Crippen molar-refractivity contribution in [2.45, 2.75) is 26.2 Å². The van der Waals surface area contributed by atoms with E-state index >= 15 is 0 Å². The minimum absolute atomic E-state index is 0.234. The Balaban J connectivity index is 2.18. The van der Waals surface area contributed by atoms with E-state index in [0.717, 1.165) is 44.7 Å². The summed E-state index contributed by atoms with van der Waals surface area (Å²) in [6.07, 6.45) is 4.37. The van der Waals surface area contributed by atoms with Gasteiger partial charge in [0.2, 0.25) is 0 Å². The van der Waals surface area contributed by atoms with E-state index in [0.29, 0.717) is 0 Å². The maximum absolute atomic E-state index is 10.3. The summed E-state index contributed by atoms with van der Waals surface area (Å²) < 4.78 is 5.23. The van der Waals surface area contributed by atoms with Crippen molar-refractivity contribution in [3.8, 4) is 0 Å². The lowest BCUT2D eigenvalue weighted by molar-refractivity contribution is -0.111. The molecule has 1 heterocycles. The summed E-state index contributed by atoms with van der Waals surface area (Å²) in [7, 11) is 0. The van der Waals surface area contributed by atoms with Crippen molar-refractivity contribution in [1.82, 2.24) is 0 Å². The topological polar surface area (TPSA) is 26.3 Å². The van der Waals surface area contributed by atoms with Gasteiger partial charge >= 0.3 is 0 Å². The quantitative estimate of drug-likeness (QED) is 0.581. The molecule has 0 aromatic heterocycles. The van der Waals surface area contributed by atoms with Crippen LogP contribution in [-0.4, -0.2) is 19.5 Å². The van der Waals surface area contributed by atoms with E-state index in [9.17, 15) is 4.79 Å². The Labute approximate surface area is 67.9 Å². The summed E-state index contributed by atoms with van der Waals surface area (Å²) in [5.74, 6) is 0.960. The van der Waals surface area contributed by atoms with Gasteiger partial charge in [0.05, 0.1) is 0 Å². The van der Waals surface area contributed by atoms with Crippen LogP contribution in [0, 0.1) is 11.8 Å². The lowest BCUT2D eigenvalue weighted by Gasteiger charge is -2.22. The van der Waals surface area contributed by atoms with Gasteiger partial charge in [0, 0.05) is 19.1 Å². The van der Waals surface area contributed by atoms with Crippen LogP contribution >= 0.6 is 0 Å². The van der Waals surface area contributed by atoms with Gasteiger partial charge in [0.1, 0.15) is 6.29 Å². The molecule has 2 heteroatoms. The van der Waals surface area contributed by atoms with Crippen molar-refractivity contribution in [3.05, 3.63) is 0 Å². The van der Waals surface area contributed by atoms with E-state index in [1.807, 2.05) is 6.92 Å². The van der Waals surface area contributed by atoms with Gasteiger partial charge in [-0.15, -0.1) is 0 Å². The maximum Gasteiger partial charge on any atom is 0.122 e. The highest BCUT2D eigenvalue weighted by molar-refractivity contribution is 5.52. The Hall–Kier alpha value is -0.370. The lowest BCUT2D eigenvalue weighted by atomic mass is 9.90. The molecule has 0 bridgehead atoms. The van der Waals surface area contributed by atoms with Crippen LogP contribution in [0.15, 0.2) is 0 Å². The molecule has 0 amide bonds. The Kier molecular flexibility index (Phi) is 3.57. The maximum atomic E-state index is 10.3. The van der Waals surface area contributed by atoms with Gasteiger partial charge in [-0.05, 0) is 25.2 Å². The first-order valence-electron chi connectivity index (χ1n) is 4.36. The minimum atomic E-state index is 0.234. The zero-order valence-electron chi connectivity index (χ0n) is 7.08. The van der Waals surface area contributed by atoms with Gasteiger partial charge in [-0.3, -0.25) is 0 Å². The largest absolute Gasteiger partial charge is 0.381 e. The third-order valence-corrected chi connectivity index (χ3v) is 2.28. The van der Waals surface area contributed by atoms with E-state index in [1.54, 1.807) is 0 Å². The van der Waals surface area contributed by atoms with E-state index < -0.39 is 0 Å². The highest BCUT2D eigenvalue weighted by Gasteiger charge is 2.15. The molecule has 0 aromatic carbocycles. The first-order chi connectivity index (χ1) is 5.33. The molecule has 1 saturated heterocycles. The molecule has 0 saturated carbocycles. The fourth-order valence-electron chi connectivity index (χ4n) is 1.56. The average molecular weight is 156 g/mol. The van der Waals surface area contributed by atoms with Crippen molar-refractivity contribution >= 4 is 6.29 Å². The van der Waals surface area contributed by atoms with Gasteiger partial charge in [0.25, 0.3) is 0 Å². The van der Waals surface area contributed by atoms with Crippen molar-refractivity contribution in [2.24, 2.45) is 11.8 Å².